The average molecular weight is 254 g/mol. The van der Waals surface area contributed by atoms with Crippen molar-refractivity contribution in [1.29, 1.82) is 0 Å². The number of hydrogen-bond donors (Lipinski definition) is 1. The lowest BCUT2D eigenvalue weighted by Crippen LogP contribution is -2.41. The smallest absolute Gasteiger partial charge is 0.0107 e. The Labute approximate surface area is 115 Å². The zero-order valence-corrected chi connectivity index (χ0v) is 13.2. The van der Waals surface area contributed by atoms with Gasteiger partial charge in [-0.3, -0.25) is 0 Å². The molecule has 1 N–H and O–H groups in total. The van der Waals surface area contributed by atoms with Gasteiger partial charge >= 0.3 is 0 Å². The van der Waals surface area contributed by atoms with Gasteiger partial charge in [-0.1, -0.05) is 41.0 Å². The first-order chi connectivity index (χ1) is 8.52. The van der Waals surface area contributed by atoms with Gasteiger partial charge < -0.3 is 10.2 Å². The fourth-order valence-electron chi connectivity index (χ4n) is 3.37. The monoisotopic (exact) mass is 254 g/mol. The molecule has 18 heavy (non-hydrogen) atoms. The maximum atomic E-state index is 3.68. The van der Waals surface area contributed by atoms with E-state index >= 15 is 0 Å². The molecular formula is C16H34N2. The van der Waals surface area contributed by atoms with Crippen LogP contribution in [-0.2, 0) is 0 Å². The molecule has 0 aromatic carbocycles. The highest BCUT2D eigenvalue weighted by atomic mass is 15.1. The molecule has 0 radical (unpaired) electrons. The Hall–Kier alpha value is -0.0800. The van der Waals surface area contributed by atoms with Gasteiger partial charge in [0.2, 0.25) is 0 Å². The minimum absolute atomic E-state index is 0.775. The second-order valence-electron chi connectivity index (χ2n) is 6.86. The molecule has 2 heteroatoms. The maximum Gasteiger partial charge on any atom is 0.0107 e. The second kappa shape index (κ2) is 8.16. The summed E-state index contributed by atoms with van der Waals surface area (Å²) < 4.78 is 0. The molecule has 1 rings (SSSR count). The summed E-state index contributed by atoms with van der Waals surface area (Å²) in [5, 5.41) is 3.68. The van der Waals surface area contributed by atoms with Gasteiger partial charge in [0.15, 0.2) is 0 Å². The van der Waals surface area contributed by atoms with Crippen molar-refractivity contribution in [2.45, 2.75) is 59.9 Å². The molecule has 108 valence electrons. The third-order valence-electron chi connectivity index (χ3n) is 3.86. The molecule has 1 aliphatic rings. The van der Waals surface area contributed by atoms with Gasteiger partial charge in [-0.25, -0.2) is 0 Å². The quantitative estimate of drug-likeness (QED) is 0.714. The van der Waals surface area contributed by atoms with Crippen LogP contribution >= 0.6 is 0 Å². The van der Waals surface area contributed by atoms with Crippen LogP contribution in [0.3, 0.4) is 0 Å². The van der Waals surface area contributed by atoms with E-state index in [0.717, 1.165) is 30.3 Å². The highest BCUT2D eigenvalue weighted by molar-refractivity contribution is 4.85. The van der Waals surface area contributed by atoms with Crippen molar-refractivity contribution >= 4 is 0 Å². The molecular weight excluding hydrogens is 220 g/mol. The van der Waals surface area contributed by atoms with Gasteiger partial charge in [-0.2, -0.15) is 0 Å². The predicted octanol–water partition coefficient (Wildman–Crippen LogP) is 3.38. The molecule has 0 amide bonds. The van der Waals surface area contributed by atoms with Crippen molar-refractivity contribution in [2.75, 3.05) is 26.2 Å². The van der Waals surface area contributed by atoms with E-state index in [1.54, 1.807) is 0 Å². The van der Waals surface area contributed by atoms with Gasteiger partial charge in [0.05, 0.1) is 0 Å². The molecule has 0 spiro atoms. The molecule has 1 saturated carbocycles. The van der Waals surface area contributed by atoms with Crippen LogP contribution in [0.25, 0.3) is 0 Å². The first kappa shape index (κ1) is 16.0. The lowest BCUT2D eigenvalue weighted by molar-refractivity contribution is 0.177. The second-order valence-corrected chi connectivity index (χ2v) is 6.86. The van der Waals surface area contributed by atoms with Gasteiger partial charge in [0, 0.05) is 25.7 Å². The van der Waals surface area contributed by atoms with Crippen LogP contribution in [0.2, 0.25) is 0 Å². The molecule has 0 bridgehead atoms. The first-order valence-corrected chi connectivity index (χ1v) is 7.98. The van der Waals surface area contributed by atoms with Crippen LogP contribution in [0, 0.1) is 17.8 Å². The Kier molecular flexibility index (Phi) is 7.25. The van der Waals surface area contributed by atoms with Gasteiger partial charge in [-0.15, -0.1) is 0 Å². The topological polar surface area (TPSA) is 15.3 Å². The summed E-state index contributed by atoms with van der Waals surface area (Å²) in [5.74, 6) is 2.44. The molecule has 2 atom stereocenters. The molecule has 0 aromatic rings. The van der Waals surface area contributed by atoms with E-state index in [9.17, 15) is 0 Å². The number of hydrogen-bond acceptors (Lipinski definition) is 2. The van der Waals surface area contributed by atoms with Crippen LogP contribution < -0.4 is 5.32 Å². The van der Waals surface area contributed by atoms with Crippen LogP contribution in [-0.4, -0.2) is 37.1 Å². The van der Waals surface area contributed by atoms with E-state index in [-0.39, 0.29) is 0 Å². The fourth-order valence-corrected chi connectivity index (χ4v) is 3.37. The third-order valence-corrected chi connectivity index (χ3v) is 3.86. The van der Waals surface area contributed by atoms with Crippen molar-refractivity contribution < 1.29 is 0 Å². The summed E-state index contributed by atoms with van der Waals surface area (Å²) >= 11 is 0. The summed E-state index contributed by atoms with van der Waals surface area (Å²) in [6, 6.07) is 0.775. The molecule has 0 aliphatic heterocycles. The van der Waals surface area contributed by atoms with Gasteiger partial charge in [0.25, 0.3) is 0 Å². The van der Waals surface area contributed by atoms with Crippen LogP contribution in [0.4, 0.5) is 0 Å². The van der Waals surface area contributed by atoms with E-state index in [0.29, 0.717) is 0 Å². The largest absolute Gasteiger partial charge is 0.314 e. The summed E-state index contributed by atoms with van der Waals surface area (Å²) in [4.78, 5) is 2.70. The number of nitrogens with zero attached hydrogens (tertiary/aromatic N) is 1. The summed E-state index contributed by atoms with van der Waals surface area (Å²) in [5.41, 5.74) is 0. The van der Waals surface area contributed by atoms with Crippen LogP contribution in [0.1, 0.15) is 53.9 Å². The molecule has 2 nitrogen and oxygen atoms in total. The summed E-state index contributed by atoms with van der Waals surface area (Å²) in [6.45, 7) is 16.5. The van der Waals surface area contributed by atoms with Crippen molar-refractivity contribution in [1.82, 2.24) is 10.2 Å². The van der Waals surface area contributed by atoms with Crippen molar-refractivity contribution in [3.05, 3.63) is 0 Å². The van der Waals surface area contributed by atoms with E-state index < -0.39 is 0 Å². The molecule has 0 saturated heterocycles. The minimum Gasteiger partial charge on any atom is -0.314 e. The van der Waals surface area contributed by atoms with Crippen LogP contribution in [0.5, 0.6) is 0 Å². The molecule has 2 unspecified atom stereocenters. The Balaban J connectivity index is 2.47. The van der Waals surface area contributed by atoms with E-state index in [2.05, 4.69) is 44.8 Å². The lowest BCUT2D eigenvalue weighted by Gasteiger charge is -2.31. The van der Waals surface area contributed by atoms with Crippen molar-refractivity contribution in [3.8, 4) is 0 Å². The summed E-state index contributed by atoms with van der Waals surface area (Å²) in [7, 11) is 0. The van der Waals surface area contributed by atoms with E-state index in [1.165, 1.54) is 38.9 Å². The fraction of sp³-hybridized carbons (Fsp3) is 1.00. The zero-order valence-electron chi connectivity index (χ0n) is 13.2. The standard InChI is InChI=1S/C16H34N2/c1-6-17-16-9-7-8-15(16)12-18(10-13(2)3)11-14(4)5/h13-17H,6-12H2,1-5H3. The normalized spacial score (nSPS) is 24.7. The molecule has 0 aromatic heterocycles. The predicted molar refractivity (Wildman–Crippen MR) is 80.9 cm³/mol. The summed E-state index contributed by atoms with van der Waals surface area (Å²) in [6.07, 6.45) is 4.22. The first-order valence-electron chi connectivity index (χ1n) is 7.98. The van der Waals surface area contributed by atoms with E-state index in [1.807, 2.05) is 0 Å². The van der Waals surface area contributed by atoms with E-state index in [4.69, 9.17) is 0 Å². The van der Waals surface area contributed by atoms with Crippen molar-refractivity contribution in [3.63, 3.8) is 0 Å². The Morgan fingerprint density at radius 3 is 2.17 bits per heavy atom. The third kappa shape index (κ3) is 5.71. The Morgan fingerprint density at radius 2 is 1.67 bits per heavy atom. The van der Waals surface area contributed by atoms with Crippen LogP contribution in [0.15, 0.2) is 0 Å². The number of rotatable bonds is 8. The SMILES string of the molecule is CCNC1CCCC1CN(CC(C)C)CC(C)C. The Bertz CT molecular complexity index is 203. The molecule has 1 aliphatic carbocycles. The minimum atomic E-state index is 0.775. The molecule has 0 heterocycles. The zero-order chi connectivity index (χ0) is 13.5. The highest BCUT2D eigenvalue weighted by Crippen LogP contribution is 2.27. The maximum absolute atomic E-state index is 3.68. The lowest BCUT2D eigenvalue weighted by atomic mass is 10.0. The highest BCUT2D eigenvalue weighted by Gasteiger charge is 2.28. The van der Waals surface area contributed by atoms with Gasteiger partial charge in [0.1, 0.15) is 0 Å². The Morgan fingerprint density at radius 1 is 1.06 bits per heavy atom. The number of nitrogens with one attached hydrogen (secondary N) is 1. The average Bonchev–Trinajstić information content (AvgIpc) is 2.64. The van der Waals surface area contributed by atoms with Crippen molar-refractivity contribution in [2.24, 2.45) is 17.8 Å². The van der Waals surface area contributed by atoms with Gasteiger partial charge in [-0.05, 0) is 37.1 Å². The molecule has 1 fully saturated rings.